The standard InChI is InChI=1S/C27H29BrN2O7/c1-10-12-8-9-13(11-6-4-5-7-11)21(31)15(12)22(32)16-14(10)23(33)18-20(30(2)3)19(28)17(26(29)36)25(35)27(18,37)24(16)34/h4,6,8-11,14,18,20,23,31-33,37H,5,7H2,1-3H3,(H2,29,36)/t10-,11?,14+,18+,20-,23-,27-/m1/s1. The molecule has 6 N–H and O–H groups in total. The zero-order chi connectivity index (χ0) is 27.1. The second kappa shape index (κ2) is 8.62. The summed E-state index contributed by atoms with van der Waals surface area (Å²) in [7, 11) is 3.24. The summed E-state index contributed by atoms with van der Waals surface area (Å²) in [5.41, 5.74) is 2.89. The van der Waals surface area contributed by atoms with Crippen molar-refractivity contribution >= 4 is 39.2 Å². The van der Waals surface area contributed by atoms with Gasteiger partial charge in [0.25, 0.3) is 5.91 Å². The lowest BCUT2D eigenvalue weighted by Crippen LogP contribution is -2.71. The molecule has 4 aliphatic rings. The van der Waals surface area contributed by atoms with Crippen LogP contribution >= 0.6 is 15.9 Å². The average Bonchev–Trinajstić information content (AvgIpc) is 3.35. The summed E-state index contributed by atoms with van der Waals surface area (Å²) in [5, 5.41) is 46.1. The molecule has 1 fully saturated rings. The molecule has 9 nitrogen and oxygen atoms in total. The van der Waals surface area contributed by atoms with Gasteiger partial charge in [0.1, 0.15) is 11.5 Å². The van der Waals surface area contributed by atoms with Crippen molar-refractivity contribution < 1.29 is 34.8 Å². The second-order valence-electron chi connectivity index (χ2n) is 10.6. The van der Waals surface area contributed by atoms with Crippen LogP contribution in [0.4, 0.5) is 0 Å². The third kappa shape index (κ3) is 3.29. The lowest BCUT2D eigenvalue weighted by molar-refractivity contribution is -0.172. The highest BCUT2D eigenvalue weighted by atomic mass is 79.9. The molecule has 1 saturated carbocycles. The van der Waals surface area contributed by atoms with E-state index in [-0.39, 0.29) is 27.3 Å². The van der Waals surface area contributed by atoms with E-state index in [1.165, 1.54) is 0 Å². The molecule has 1 aromatic carbocycles. The number of amides is 1. The summed E-state index contributed by atoms with van der Waals surface area (Å²) >= 11 is 3.27. The van der Waals surface area contributed by atoms with Crippen molar-refractivity contribution in [3.8, 4) is 5.75 Å². The minimum Gasteiger partial charge on any atom is -0.507 e. The van der Waals surface area contributed by atoms with E-state index in [0.717, 1.165) is 12.8 Å². The topological polar surface area (TPSA) is 161 Å². The lowest BCUT2D eigenvalue weighted by atomic mass is 9.54. The van der Waals surface area contributed by atoms with Crippen LogP contribution in [0, 0.1) is 11.8 Å². The third-order valence-corrected chi connectivity index (χ3v) is 9.40. The molecule has 0 heterocycles. The number of aliphatic hydroxyl groups excluding tert-OH is 2. The summed E-state index contributed by atoms with van der Waals surface area (Å²) < 4.78 is 0.0731. The molecule has 1 unspecified atom stereocenters. The first-order valence-corrected chi connectivity index (χ1v) is 13.0. The number of phenols is 1. The first kappa shape index (κ1) is 25.8. The number of nitrogens with two attached hydrogens (primary N) is 1. The van der Waals surface area contributed by atoms with Crippen molar-refractivity contribution in [2.45, 2.75) is 49.3 Å². The minimum atomic E-state index is -2.85. The molecule has 0 aliphatic heterocycles. The molecule has 37 heavy (non-hydrogen) atoms. The number of phenolic OH excluding ortho intramolecular Hbond substituents is 1. The number of aromatic hydroxyl groups is 1. The van der Waals surface area contributed by atoms with Crippen LogP contribution in [0.1, 0.15) is 48.3 Å². The Morgan fingerprint density at radius 2 is 1.81 bits per heavy atom. The molecule has 0 bridgehead atoms. The molecule has 5 rings (SSSR count). The predicted octanol–water partition coefficient (Wildman–Crippen LogP) is 1.77. The van der Waals surface area contributed by atoms with Gasteiger partial charge in [0.15, 0.2) is 5.60 Å². The highest BCUT2D eigenvalue weighted by Gasteiger charge is 2.68. The van der Waals surface area contributed by atoms with Crippen LogP contribution < -0.4 is 5.73 Å². The van der Waals surface area contributed by atoms with Gasteiger partial charge in [-0.25, -0.2) is 0 Å². The van der Waals surface area contributed by atoms with E-state index in [9.17, 15) is 34.8 Å². The fourth-order valence-corrected chi connectivity index (χ4v) is 7.85. The first-order chi connectivity index (χ1) is 17.3. The number of ketones is 2. The maximum Gasteiger partial charge on any atom is 0.253 e. The molecule has 196 valence electrons. The highest BCUT2D eigenvalue weighted by molar-refractivity contribution is 9.11. The van der Waals surface area contributed by atoms with Gasteiger partial charge in [-0.15, -0.1) is 0 Å². The van der Waals surface area contributed by atoms with E-state index >= 15 is 0 Å². The first-order valence-electron chi connectivity index (χ1n) is 12.2. The minimum absolute atomic E-state index is 0.0541. The van der Waals surface area contributed by atoms with Crippen molar-refractivity contribution in [1.82, 2.24) is 4.90 Å². The molecular weight excluding hydrogens is 544 g/mol. The number of carbonyl (C=O) groups is 3. The smallest absolute Gasteiger partial charge is 0.253 e. The van der Waals surface area contributed by atoms with Crippen molar-refractivity contribution in [2.24, 2.45) is 17.6 Å². The normalized spacial score (nSPS) is 35.1. The molecular formula is C27H29BrN2O7. The van der Waals surface area contributed by atoms with Gasteiger partial charge in [-0.1, -0.05) is 47.1 Å². The van der Waals surface area contributed by atoms with Gasteiger partial charge in [-0.3, -0.25) is 14.4 Å². The molecule has 1 aromatic rings. The molecule has 4 aliphatic carbocycles. The quantitative estimate of drug-likeness (QED) is 0.208. The molecule has 7 atom stereocenters. The maximum atomic E-state index is 14.0. The molecule has 10 heteroatoms. The summed E-state index contributed by atoms with van der Waals surface area (Å²) in [5.74, 6) is -7.18. The summed E-state index contributed by atoms with van der Waals surface area (Å²) in [4.78, 5) is 41.3. The molecule has 0 spiro atoms. The Labute approximate surface area is 222 Å². The maximum absolute atomic E-state index is 14.0. The number of likely N-dealkylation sites (N-methyl/N-ethyl adjacent to an activating group) is 1. The van der Waals surface area contributed by atoms with Gasteiger partial charge < -0.3 is 31.1 Å². The Bertz CT molecular complexity index is 1350. The van der Waals surface area contributed by atoms with Crippen molar-refractivity contribution in [1.29, 1.82) is 0 Å². The Kier molecular flexibility index (Phi) is 6.02. The second-order valence-corrected chi connectivity index (χ2v) is 11.4. The SMILES string of the molecule is C[C@@H]1c2ccc(C3C=CCC3)c(O)c2C(O)=C2C(=O)[C@@]3(O)C(=O)C(C(N)=O)=C(Br)[C@H](N(C)C)[C@H]3[C@H](O)[C@H]21. The number of Topliss-reactive ketones (excluding diaryl/α,β-unsaturated/α-hetero) is 2. The fourth-order valence-electron chi connectivity index (χ4n) is 6.78. The van der Waals surface area contributed by atoms with Crippen LogP contribution in [0.3, 0.4) is 0 Å². The van der Waals surface area contributed by atoms with E-state index in [1.807, 2.05) is 12.2 Å². The number of aliphatic hydroxyl groups is 3. The van der Waals surface area contributed by atoms with Crippen molar-refractivity contribution in [3.05, 3.63) is 56.6 Å². The van der Waals surface area contributed by atoms with Crippen molar-refractivity contribution in [3.63, 3.8) is 0 Å². The van der Waals surface area contributed by atoms with E-state index in [2.05, 4.69) is 15.9 Å². The zero-order valence-electron chi connectivity index (χ0n) is 20.6. The Balaban J connectivity index is 1.76. The Hall–Kier alpha value is -2.79. The number of fused-ring (bicyclic) bond motifs is 3. The molecule has 1 amide bonds. The number of rotatable bonds is 3. The predicted molar refractivity (Wildman–Crippen MR) is 138 cm³/mol. The van der Waals surface area contributed by atoms with Gasteiger partial charge in [0.2, 0.25) is 11.6 Å². The fraction of sp³-hybridized carbons (Fsp3) is 0.444. The van der Waals surface area contributed by atoms with Crippen LogP contribution in [0.2, 0.25) is 0 Å². The average molecular weight is 573 g/mol. The van der Waals surface area contributed by atoms with Crippen LogP contribution in [0.5, 0.6) is 5.75 Å². The van der Waals surface area contributed by atoms with E-state index in [0.29, 0.717) is 11.1 Å². The highest BCUT2D eigenvalue weighted by Crippen LogP contribution is 2.57. The van der Waals surface area contributed by atoms with Crippen LogP contribution in [-0.4, -0.2) is 74.6 Å². The van der Waals surface area contributed by atoms with E-state index in [1.54, 1.807) is 38.1 Å². The Morgan fingerprint density at radius 1 is 1.16 bits per heavy atom. The zero-order valence-corrected chi connectivity index (χ0v) is 22.2. The number of benzene rings is 1. The molecule has 0 saturated heterocycles. The summed E-state index contributed by atoms with van der Waals surface area (Å²) in [6, 6.07) is 2.64. The number of allylic oxidation sites excluding steroid dienone is 2. The van der Waals surface area contributed by atoms with Crippen LogP contribution in [0.25, 0.3) is 5.76 Å². The van der Waals surface area contributed by atoms with Crippen LogP contribution in [0.15, 0.2) is 39.9 Å². The number of hydrogen-bond acceptors (Lipinski definition) is 8. The van der Waals surface area contributed by atoms with Gasteiger partial charge in [-0.05, 0) is 38.4 Å². The number of carbonyl (C=O) groups excluding carboxylic acids is 3. The van der Waals surface area contributed by atoms with E-state index in [4.69, 9.17) is 5.73 Å². The Morgan fingerprint density at radius 3 is 2.38 bits per heavy atom. The van der Waals surface area contributed by atoms with Gasteiger partial charge in [0, 0.05) is 33.4 Å². The van der Waals surface area contributed by atoms with Gasteiger partial charge in [-0.2, -0.15) is 0 Å². The van der Waals surface area contributed by atoms with Gasteiger partial charge in [0.05, 0.1) is 23.3 Å². The number of primary amides is 1. The molecule has 0 aromatic heterocycles. The largest absolute Gasteiger partial charge is 0.507 e. The number of nitrogens with zero attached hydrogens (tertiary/aromatic N) is 1. The summed E-state index contributed by atoms with van der Waals surface area (Å²) in [6.07, 6.45) is 4.15. The summed E-state index contributed by atoms with van der Waals surface area (Å²) in [6.45, 7) is 1.76. The van der Waals surface area contributed by atoms with Crippen LogP contribution in [-0.2, 0) is 14.4 Å². The third-order valence-electron chi connectivity index (χ3n) is 8.53. The monoisotopic (exact) mass is 572 g/mol. The van der Waals surface area contributed by atoms with Gasteiger partial charge >= 0.3 is 0 Å². The number of hydrogen-bond donors (Lipinski definition) is 5. The van der Waals surface area contributed by atoms with E-state index < -0.39 is 64.3 Å². The lowest BCUT2D eigenvalue weighted by Gasteiger charge is -2.54. The van der Waals surface area contributed by atoms with Crippen molar-refractivity contribution in [2.75, 3.05) is 14.1 Å². The molecule has 0 radical (unpaired) electrons. The number of halogens is 1.